The van der Waals surface area contributed by atoms with E-state index in [1.807, 2.05) is 0 Å². The van der Waals surface area contributed by atoms with Gasteiger partial charge in [0.15, 0.2) is 0 Å². The second-order valence-electron chi connectivity index (χ2n) is 3.25. The van der Waals surface area contributed by atoms with Crippen LogP contribution >= 0.6 is 11.6 Å². The molecule has 1 atom stereocenters. The Kier molecular flexibility index (Phi) is 3.97. The van der Waals surface area contributed by atoms with E-state index in [0.717, 1.165) is 6.42 Å². The van der Waals surface area contributed by atoms with Gasteiger partial charge in [0.1, 0.15) is 5.21 Å². The SMILES string of the molecule is O=S(=O)(CCl)N1CCC(CCO)C1. The van der Waals surface area contributed by atoms with Gasteiger partial charge in [0.05, 0.1) is 0 Å². The molecule has 1 rings (SSSR count). The lowest BCUT2D eigenvalue weighted by Gasteiger charge is -2.13. The minimum Gasteiger partial charge on any atom is -0.396 e. The van der Waals surface area contributed by atoms with Crippen LogP contribution in [-0.2, 0) is 10.0 Å². The lowest BCUT2D eigenvalue weighted by molar-refractivity contribution is 0.260. The first kappa shape index (κ1) is 11.2. The van der Waals surface area contributed by atoms with Crippen LogP contribution in [0.15, 0.2) is 0 Å². The predicted octanol–water partition coefficient (Wildman–Crippen LogP) is 0.217. The molecule has 1 aliphatic rings. The summed E-state index contributed by atoms with van der Waals surface area (Å²) in [6.07, 6.45) is 1.50. The summed E-state index contributed by atoms with van der Waals surface area (Å²) in [5.41, 5.74) is 0. The van der Waals surface area contributed by atoms with Crippen molar-refractivity contribution in [2.45, 2.75) is 12.8 Å². The fraction of sp³-hybridized carbons (Fsp3) is 1.00. The van der Waals surface area contributed by atoms with Crippen LogP contribution < -0.4 is 0 Å². The van der Waals surface area contributed by atoms with Crippen LogP contribution in [-0.4, -0.2) is 42.7 Å². The molecule has 6 heteroatoms. The summed E-state index contributed by atoms with van der Waals surface area (Å²) < 4.78 is 24.0. The molecule has 13 heavy (non-hydrogen) atoms. The van der Waals surface area contributed by atoms with Gasteiger partial charge in [-0.25, -0.2) is 12.7 Å². The van der Waals surface area contributed by atoms with Crippen LogP contribution in [0, 0.1) is 5.92 Å². The van der Waals surface area contributed by atoms with E-state index in [2.05, 4.69) is 0 Å². The van der Waals surface area contributed by atoms with Crippen LogP contribution in [0.25, 0.3) is 0 Å². The Hall–Kier alpha value is 0.160. The van der Waals surface area contributed by atoms with Gasteiger partial charge in [-0.05, 0) is 18.8 Å². The molecule has 78 valence electrons. The summed E-state index contributed by atoms with van der Waals surface area (Å²) >= 11 is 5.32. The Morgan fingerprint density at radius 1 is 1.54 bits per heavy atom. The number of halogens is 1. The maximum absolute atomic E-state index is 11.3. The fourth-order valence-corrected chi connectivity index (χ4v) is 2.91. The summed E-state index contributed by atoms with van der Waals surface area (Å²) in [6.45, 7) is 1.18. The molecule has 1 heterocycles. The van der Waals surface area contributed by atoms with Gasteiger partial charge in [0, 0.05) is 19.7 Å². The Labute approximate surface area is 83.5 Å². The van der Waals surface area contributed by atoms with E-state index in [4.69, 9.17) is 16.7 Å². The second kappa shape index (κ2) is 4.59. The van der Waals surface area contributed by atoms with Crippen LogP contribution in [0.1, 0.15) is 12.8 Å². The largest absolute Gasteiger partial charge is 0.396 e. The van der Waals surface area contributed by atoms with Gasteiger partial charge < -0.3 is 5.11 Å². The number of hydrogen-bond acceptors (Lipinski definition) is 3. The molecule has 1 fully saturated rings. The zero-order valence-corrected chi connectivity index (χ0v) is 8.89. The molecule has 0 bridgehead atoms. The molecule has 4 nitrogen and oxygen atoms in total. The van der Waals surface area contributed by atoms with Crippen molar-refractivity contribution in [2.75, 3.05) is 24.9 Å². The monoisotopic (exact) mass is 227 g/mol. The van der Waals surface area contributed by atoms with Gasteiger partial charge in [-0.15, -0.1) is 11.6 Å². The van der Waals surface area contributed by atoms with Crippen LogP contribution in [0.4, 0.5) is 0 Å². The molecular formula is C7H14ClNO3S. The van der Waals surface area contributed by atoms with Gasteiger partial charge in [0.2, 0.25) is 10.0 Å². The summed E-state index contributed by atoms with van der Waals surface area (Å²) in [5.74, 6) is 0.294. The highest BCUT2D eigenvalue weighted by atomic mass is 35.5. The number of aliphatic hydroxyl groups excluding tert-OH is 1. The lowest BCUT2D eigenvalue weighted by Crippen LogP contribution is -2.29. The Bertz CT molecular complexity index is 254. The molecule has 1 saturated heterocycles. The van der Waals surface area contributed by atoms with Crippen LogP contribution in [0.2, 0.25) is 0 Å². The Morgan fingerprint density at radius 2 is 2.23 bits per heavy atom. The third-order valence-corrected chi connectivity index (χ3v) is 4.54. The predicted molar refractivity (Wildman–Crippen MR) is 51.0 cm³/mol. The van der Waals surface area contributed by atoms with E-state index in [9.17, 15) is 8.42 Å². The highest BCUT2D eigenvalue weighted by molar-refractivity contribution is 7.90. The van der Waals surface area contributed by atoms with Crippen molar-refractivity contribution in [1.29, 1.82) is 0 Å². The minimum absolute atomic E-state index is 0.124. The molecule has 1 unspecified atom stereocenters. The summed E-state index contributed by atoms with van der Waals surface area (Å²) in [6, 6.07) is 0. The highest BCUT2D eigenvalue weighted by Crippen LogP contribution is 2.22. The standard InChI is InChI=1S/C7H14ClNO3S/c8-6-13(11,12)9-3-1-7(5-9)2-4-10/h7,10H,1-6H2. The van der Waals surface area contributed by atoms with Crippen molar-refractivity contribution in [1.82, 2.24) is 4.31 Å². The van der Waals surface area contributed by atoms with Gasteiger partial charge in [-0.1, -0.05) is 0 Å². The smallest absolute Gasteiger partial charge is 0.228 e. The van der Waals surface area contributed by atoms with E-state index in [-0.39, 0.29) is 11.8 Å². The summed E-state index contributed by atoms with van der Waals surface area (Å²) in [4.78, 5) is 0. The Balaban J connectivity index is 2.50. The molecule has 1 N–H and O–H groups in total. The third-order valence-electron chi connectivity index (χ3n) is 2.32. The van der Waals surface area contributed by atoms with Crippen LogP contribution in [0.5, 0.6) is 0 Å². The second-order valence-corrected chi connectivity index (χ2v) is 5.80. The molecule has 0 aromatic rings. The average Bonchev–Trinajstić information content (AvgIpc) is 2.54. The molecular weight excluding hydrogens is 214 g/mol. The first-order valence-electron chi connectivity index (χ1n) is 4.25. The normalized spacial score (nSPS) is 25.2. The summed E-state index contributed by atoms with van der Waals surface area (Å²) in [7, 11) is -3.23. The van der Waals surface area contributed by atoms with E-state index >= 15 is 0 Å². The number of rotatable bonds is 4. The van der Waals surface area contributed by atoms with Crippen LogP contribution in [0.3, 0.4) is 0 Å². The first-order valence-corrected chi connectivity index (χ1v) is 6.39. The zero-order chi connectivity index (χ0) is 9.90. The van der Waals surface area contributed by atoms with Gasteiger partial charge in [-0.3, -0.25) is 0 Å². The lowest BCUT2D eigenvalue weighted by atomic mass is 10.1. The molecule has 0 aromatic heterocycles. The first-order chi connectivity index (χ1) is 6.10. The maximum Gasteiger partial charge on any atom is 0.228 e. The minimum atomic E-state index is -3.23. The zero-order valence-electron chi connectivity index (χ0n) is 7.32. The van der Waals surface area contributed by atoms with Gasteiger partial charge in [-0.2, -0.15) is 0 Å². The van der Waals surface area contributed by atoms with E-state index < -0.39 is 10.0 Å². The molecule has 0 saturated carbocycles. The van der Waals surface area contributed by atoms with Gasteiger partial charge in [0.25, 0.3) is 0 Å². The molecule has 0 radical (unpaired) electrons. The quantitative estimate of drug-likeness (QED) is 0.699. The average molecular weight is 228 g/mol. The van der Waals surface area contributed by atoms with E-state index in [0.29, 0.717) is 25.4 Å². The van der Waals surface area contributed by atoms with E-state index in [1.165, 1.54) is 4.31 Å². The van der Waals surface area contributed by atoms with E-state index in [1.54, 1.807) is 0 Å². The van der Waals surface area contributed by atoms with Crippen molar-refractivity contribution >= 4 is 21.6 Å². The Morgan fingerprint density at radius 3 is 2.77 bits per heavy atom. The third kappa shape index (κ3) is 2.80. The van der Waals surface area contributed by atoms with Crippen molar-refractivity contribution < 1.29 is 13.5 Å². The highest BCUT2D eigenvalue weighted by Gasteiger charge is 2.29. The molecule has 0 amide bonds. The van der Waals surface area contributed by atoms with Gasteiger partial charge >= 0.3 is 0 Å². The molecule has 0 aromatic carbocycles. The van der Waals surface area contributed by atoms with Crippen molar-refractivity contribution in [3.63, 3.8) is 0 Å². The van der Waals surface area contributed by atoms with Crippen molar-refractivity contribution in [2.24, 2.45) is 5.92 Å². The number of nitrogens with zero attached hydrogens (tertiary/aromatic N) is 1. The topological polar surface area (TPSA) is 57.6 Å². The molecule has 1 aliphatic heterocycles. The number of hydrogen-bond donors (Lipinski definition) is 1. The van der Waals surface area contributed by atoms with Crippen molar-refractivity contribution in [3.8, 4) is 0 Å². The number of aliphatic hydroxyl groups is 1. The summed E-state index contributed by atoms with van der Waals surface area (Å²) in [5, 5.41) is 8.33. The fourth-order valence-electron chi connectivity index (χ4n) is 1.54. The number of alkyl halides is 1. The molecule has 0 spiro atoms. The molecule has 0 aliphatic carbocycles. The number of sulfonamides is 1. The van der Waals surface area contributed by atoms with Crippen molar-refractivity contribution in [3.05, 3.63) is 0 Å². The maximum atomic E-state index is 11.3.